The minimum Gasteiger partial charge on any atom is -0.364 e. The van der Waals surface area contributed by atoms with Crippen molar-refractivity contribution in [1.29, 1.82) is 0 Å². The molecule has 0 atom stereocenters. The first-order valence-corrected chi connectivity index (χ1v) is 7.94. The predicted octanol–water partition coefficient (Wildman–Crippen LogP) is 3.72. The number of nitrogens with one attached hydrogen (secondary N) is 4. The zero-order valence-corrected chi connectivity index (χ0v) is 14.7. The number of alkyl halides is 3. The molecule has 4 nitrogen and oxygen atoms in total. The summed E-state index contributed by atoms with van der Waals surface area (Å²) in [5.74, 6) is 0. The van der Waals surface area contributed by atoms with Crippen molar-refractivity contribution in [1.82, 2.24) is 16.2 Å². The Kier molecular flexibility index (Phi) is 6.16. The molecule has 0 heterocycles. The second-order valence-corrected chi connectivity index (χ2v) is 5.72. The Balaban J connectivity index is 2.15. The molecular weight excluding hydrogens is 369 g/mol. The maximum Gasteiger partial charge on any atom is 0.416 e. The molecule has 0 aliphatic heterocycles. The third-order valence-electron chi connectivity index (χ3n) is 3.18. The van der Waals surface area contributed by atoms with Crippen molar-refractivity contribution < 1.29 is 13.2 Å². The molecule has 9 heteroatoms. The summed E-state index contributed by atoms with van der Waals surface area (Å²) in [6.07, 6.45) is -4.36. The quantitative estimate of drug-likeness (QED) is 0.478. The Morgan fingerprint density at radius 2 is 1.56 bits per heavy atom. The van der Waals surface area contributed by atoms with Gasteiger partial charge in [-0.2, -0.15) is 13.2 Å². The van der Waals surface area contributed by atoms with Gasteiger partial charge in [0.15, 0.2) is 5.11 Å². The lowest BCUT2D eigenvalue weighted by atomic mass is 10.1. The molecule has 0 radical (unpaired) electrons. The van der Waals surface area contributed by atoms with Gasteiger partial charge >= 0.3 is 6.18 Å². The number of halogens is 3. The third kappa shape index (κ3) is 5.30. The van der Waals surface area contributed by atoms with Crippen molar-refractivity contribution in [2.75, 3.05) is 12.4 Å². The van der Waals surface area contributed by atoms with Crippen LogP contribution in [-0.4, -0.2) is 17.1 Å². The van der Waals surface area contributed by atoms with Gasteiger partial charge in [0.2, 0.25) is 0 Å². The van der Waals surface area contributed by atoms with Gasteiger partial charge in [0.1, 0.15) is 4.99 Å². The van der Waals surface area contributed by atoms with Crippen molar-refractivity contribution in [2.24, 2.45) is 0 Å². The summed E-state index contributed by atoms with van der Waals surface area (Å²) < 4.78 is 37.9. The molecule has 4 N–H and O–H groups in total. The Morgan fingerprint density at radius 3 is 2.16 bits per heavy atom. The molecule has 0 bridgehead atoms. The molecule has 0 aliphatic carbocycles. The highest BCUT2D eigenvalue weighted by Crippen LogP contribution is 2.30. The van der Waals surface area contributed by atoms with Crippen LogP contribution < -0.4 is 21.5 Å². The highest BCUT2D eigenvalue weighted by atomic mass is 32.1. The number of hydrogen-bond acceptors (Lipinski definition) is 3. The fraction of sp³-hybridized carbons (Fsp3) is 0.125. The van der Waals surface area contributed by atoms with Crippen LogP contribution in [0, 0.1) is 0 Å². The smallest absolute Gasteiger partial charge is 0.364 e. The lowest BCUT2D eigenvalue weighted by Crippen LogP contribution is -2.45. The Bertz CT molecular complexity index is 761. The maximum atomic E-state index is 12.6. The van der Waals surface area contributed by atoms with Gasteiger partial charge < -0.3 is 10.6 Å². The summed E-state index contributed by atoms with van der Waals surface area (Å²) >= 11 is 10.3. The van der Waals surface area contributed by atoms with Gasteiger partial charge in [-0.3, -0.25) is 10.9 Å². The molecule has 0 fully saturated rings. The number of hydrazine groups is 1. The fourth-order valence-electron chi connectivity index (χ4n) is 1.93. The van der Waals surface area contributed by atoms with Gasteiger partial charge in [-0.05, 0) is 48.6 Å². The molecule has 0 saturated heterocycles. The van der Waals surface area contributed by atoms with Gasteiger partial charge in [0.05, 0.1) is 5.56 Å². The van der Waals surface area contributed by atoms with Gasteiger partial charge in [-0.15, -0.1) is 0 Å². The minimum absolute atomic E-state index is 0.371. The van der Waals surface area contributed by atoms with E-state index in [0.29, 0.717) is 27.0 Å². The number of hydrogen-bond donors (Lipinski definition) is 4. The zero-order valence-electron chi connectivity index (χ0n) is 13.1. The summed E-state index contributed by atoms with van der Waals surface area (Å²) in [6, 6.07) is 11.9. The molecule has 0 amide bonds. The number of anilines is 2. The normalized spacial score (nSPS) is 10.7. The van der Waals surface area contributed by atoms with Crippen LogP contribution in [0.1, 0.15) is 11.1 Å². The highest BCUT2D eigenvalue weighted by Gasteiger charge is 2.29. The molecule has 0 aromatic heterocycles. The van der Waals surface area contributed by atoms with E-state index >= 15 is 0 Å². The monoisotopic (exact) mass is 384 g/mol. The van der Waals surface area contributed by atoms with Crippen LogP contribution in [0.3, 0.4) is 0 Å². The third-order valence-corrected chi connectivity index (χ3v) is 3.81. The van der Waals surface area contributed by atoms with Crippen LogP contribution in [0.4, 0.5) is 24.5 Å². The summed E-state index contributed by atoms with van der Waals surface area (Å²) in [6.45, 7) is 0. The van der Waals surface area contributed by atoms with Crippen molar-refractivity contribution in [2.45, 2.75) is 6.18 Å². The van der Waals surface area contributed by atoms with Gasteiger partial charge in [0, 0.05) is 24.0 Å². The average molecular weight is 384 g/mol. The molecule has 132 valence electrons. The van der Waals surface area contributed by atoms with Crippen molar-refractivity contribution in [3.63, 3.8) is 0 Å². The average Bonchev–Trinajstić information content (AvgIpc) is 2.59. The molecule has 0 aliphatic rings. The lowest BCUT2D eigenvalue weighted by Gasteiger charge is -2.16. The van der Waals surface area contributed by atoms with Crippen LogP contribution in [0.2, 0.25) is 0 Å². The van der Waals surface area contributed by atoms with Gasteiger partial charge in [0.25, 0.3) is 0 Å². The van der Waals surface area contributed by atoms with Crippen molar-refractivity contribution >= 4 is 45.9 Å². The highest BCUT2D eigenvalue weighted by molar-refractivity contribution is 7.81. The van der Waals surface area contributed by atoms with Crippen LogP contribution in [0.5, 0.6) is 0 Å². The zero-order chi connectivity index (χ0) is 18.4. The van der Waals surface area contributed by atoms with E-state index in [-0.39, 0.29) is 0 Å². The minimum atomic E-state index is -4.36. The SMILES string of the molecule is CNC(=S)NNC(=S)c1ccccc1Nc1ccc(C(F)(F)F)cc1. The van der Waals surface area contributed by atoms with E-state index in [9.17, 15) is 13.2 Å². The first-order chi connectivity index (χ1) is 11.8. The van der Waals surface area contributed by atoms with E-state index in [0.717, 1.165) is 12.1 Å². The Hall–Kier alpha value is -2.39. The predicted molar refractivity (Wildman–Crippen MR) is 101 cm³/mol. The molecule has 2 aromatic carbocycles. The number of benzene rings is 2. The molecule has 25 heavy (non-hydrogen) atoms. The summed E-state index contributed by atoms with van der Waals surface area (Å²) in [5, 5.41) is 6.17. The summed E-state index contributed by atoms with van der Waals surface area (Å²) in [4.78, 5) is 0.382. The molecule has 0 spiro atoms. The van der Waals surface area contributed by atoms with E-state index in [1.165, 1.54) is 12.1 Å². The maximum absolute atomic E-state index is 12.6. The van der Waals surface area contributed by atoms with E-state index in [1.54, 1.807) is 31.3 Å². The van der Waals surface area contributed by atoms with Crippen LogP contribution >= 0.6 is 24.4 Å². The molecule has 0 unspecified atom stereocenters. The second kappa shape index (κ2) is 8.13. The van der Waals surface area contributed by atoms with Gasteiger partial charge in [-0.25, -0.2) is 0 Å². The Morgan fingerprint density at radius 1 is 0.920 bits per heavy atom. The summed E-state index contributed by atoms with van der Waals surface area (Å²) in [7, 11) is 1.67. The molecule has 2 aromatic rings. The van der Waals surface area contributed by atoms with Crippen LogP contribution in [0.15, 0.2) is 48.5 Å². The summed E-state index contributed by atoms with van der Waals surface area (Å²) in [5.41, 5.74) is 6.65. The largest absolute Gasteiger partial charge is 0.416 e. The first kappa shape index (κ1) is 18.9. The van der Waals surface area contributed by atoms with Crippen molar-refractivity contribution in [3.8, 4) is 0 Å². The molecule has 2 rings (SSSR count). The second-order valence-electron chi connectivity index (χ2n) is 4.90. The van der Waals surface area contributed by atoms with Gasteiger partial charge in [-0.1, -0.05) is 24.4 Å². The topological polar surface area (TPSA) is 48.1 Å². The Labute approximate surface area is 153 Å². The van der Waals surface area contributed by atoms with Crippen LogP contribution in [-0.2, 0) is 6.18 Å². The number of rotatable bonds is 3. The lowest BCUT2D eigenvalue weighted by molar-refractivity contribution is -0.137. The van der Waals surface area contributed by atoms with E-state index < -0.39 is 11.7 Å². The standard InChI is InChI=1S/C16H15F3N4S2/c1-20-15(25)23-22-14(24)12-4-2-3-5-13(12)21-11-8-6-10(7-9-11)16(17,18)19/h2-9,21H,1H3,(H,22,24)(H2,20,23,25). The number of para-hydroxylation sites is 1. The molecule has 0 saturated carbocycles. The first-order valence-electron chi connectivity index (χ1n) is 7.12. The van der Waals surface area contributed by atoms with E-state index in [2.05, 4.69) is 21.5 Å². The fourth-order valence-corrected chi connectivity index (χ4v) is 2.21. The van der Waals surface area contributed by atoms with Crippen molar-refractivity contribution in [3.05, 3.63) is 59.7 Å². The number of thiocarbonyl (C=S) groups is 2. The van der Waals surface area contributed by atoms with Crippen LogP contribution in [0.25, 0.3) is 0 Å². The van der Waals surface area contributed by atoms with E-state index in [4.69, 9.17) is 24.4 Å². The molecular formula is C16H15F3N4S2. The van der Waals surface area contributed by atoms with E-state index in [1.807, 2.05) is 0 Å².